The number of likely N-dealkylation sites (N-methyl/N-ethyl adjacent to an activating group) is 1. The van der Waals surface area contributed by atoms with Gasteiger partial charge >= 0.3 is 0 Å². The molecule has 0 N–H and O–H groups in total. The quantitative estimate of drug-likeness (QED) is 0.491. The van der Waals surface area contributed by atoms with Crippen molar-refractivity contribution in [1.82, 2.24) is 4.90 Å². The van der Waals surface area contributed by atoms with Gasteiger partial charge in [0.1, 0.15) is 5.75 Å². The van der Waals surface area contributed by atoms with E-state index in [0.29, 0.717) is 17.9 Å². The van der Waals surface area contributed by atoms with Crippen molar-refractivity contribution in [2.75, 3.05) is 40.0 Å². The largest absolute Gasteiger partial charge is 0.496 e. The summed E-state index contributed by atoms with van der Waals surface area (Å²) in [6, 6.07) is 5.73. The van der Waals surface area contributed by atoms with Gasteiger partial charge in [0.2, 0.25) is 0 Å². The van der Waals surface area contributed by atoms with Gasteiger partial charge in [-0.3, -0.25) is 4.79 Å². The lowest BCUT2D eigenvalue weighted by molar-refractivity contribution is 0.101. The van der Waals surface area contributed by atoms with E-state index in [0.717, 1.165) is 38.2 Å². The number of nitrogens with zero attached hydrogens (tertiary/aromatic N) is 1. The Balaban J connectivity index is 2.42. The molecule has 0 radical (unpaired) electrons. The van der Waals surface area contributed by atoms with E-state index in [-0.39, 0.29) is 5.78 Å². The zero-order valence-corrected chi connectivity index (χ0v) is 13.6. The van der Waals surface area contributed by atoms with Crippen LogP contribution in [0.25, 0.3) is 0 Å². The van der Waals surface area contributed by atoms with Gasteiger partial charge in [-0.15, -0.1) is 0 Å². The predicted molar refractivity (Wildman–Crippen MR) is 85.3 cm³/mol. The monoisotopic (exact) mass is 293 g/mol. The topological polar surface area (TPSA) is 38.8 Å². The highest BCUT2D eigenvalue weighted by molar-refractivity contribution is 5.97. The van der Waals surface area contributed by atoms with Crippen LogP contribution in [-0.2, 0) is 11.2 Å². The molecule has 0 atom stereocenters. The first-order valence-corrected chi connectivity index (χ1v) is 7.60. The van der Waals surface area contributed by atoms with Gasteiger partial charge in [0.15, 0.2) is 5.78 Å². The smallest absolute Gasteiger partial charge is 0.163 e. The Hall–Kier alpha value is -1.39. The summed E-state index contributed by atoms with van der Waals surface area (Å²) in [6.07, 6.45) is 0.808. The Morgan fingerprint density at radius 1 is 1.19 bits per heavy atom. The Kier molecular flexibility index (Phi) is 8.01. The molecule has 0 unspecified atom stereocenters. The molecule has 21 heavy (non-hydrogen) atoms. The molecule has 1 rings (SSSR count). The van der Waals surface area contributed by atoms with Gasteiger partial charge in [0, 0.05) is 6.54 Å². The molecule has 0 saturated heterocycles. The minimum absolute atomic E-state index is 0.0242. The summed E-state index contributed by atoms with van der Waals surface area (Å²) in [7, 11) is 1.58. The van der Waals surface area contributed by atoms with Crippen LogP contribution in [0.1, 0.15) is 36.7 Å². The zero-order valence-electron chi connectivity index (χ0n) is 13.6. The highest BCUT2D eigenvalue weighted by Gasteiger charge is 2.08. The summed E-state index contributed by atoms with van der Waals surface area (Å²) in [4.78, 5) is 13.9. The van der Waals surface area contributed by atoms with E-state index in [1.807, 2.05) is 18.2 Å². The molecule has 0 aliphatic heterocycles. The van der Waals surface area contributed by atoms with Gasteiger partial charge < -0.3 is 14.4 Å². The molecule has 0 fully saturated rings. The second kappa shape index (κ2) is 9.53. The first-order valence-electron chi connectivity index (χ1n) is 7.60. The number of rotatable bonds is 10. The maximum absolute atomic E-state index is 11.6. The van der Waals surface area contributed by atoms with E-state index in [1.54, 1.807) is 14.0 Å². The molecular formula is C17H27NO3. The molecule has 0 saturated carbocycles. The van der Waals surface area contributed by atoms with Crippen molar-refractivity contribution in [2.24, 2.45) is 0 Å². The van der Waals surface area contributed by atoms with E-state index in [9.17, 15) is 4.79 Å². The summed E-state index contributed by atoms with van der Waals surface area (Å²) in [5.74, 6) is 0.657. The summed E-state index contributed by atoms with van der Waals surface area (Å²) in [6.45, 7) is 10.4. The van der Waals surface area contributed by atoms with Gasteiger partial charge in [0.05, 0.1) is 25.9 Å². The van der Waals surface area contributed by atoms with E-state index < -0.39 is 0 Å². The van der Waals surface area contributed by atoms with E-state index in [2.05, 4.69) is 18.7 Å². The van der Waals surface area contributed by atoms with E-state index >= 15 is 0 Å². The molecule has 0 heterocycles. The maximum Gasteiger partial charge on any atom is 0.163 e. The van der Waals surface area contributed by atoms with Gasteiger partial charge in [-0.1, -0.05) is 19.9 Å². The second-order valence-corrected chi connectivity index (χ2v) is 4.98. The van der Waals surface area contributed by atoms with Crippen molar-refractivity contribution in [3.8, 4) is 5.75 Å². The van der Waals surface area contributed by atoms with Crippen molar-refractivity contribution in [2.45, 2.75) is 27.2 Å². The molecule has 0 aliphatic carbocycles. The second-order valence-electron chi connectivity index (χ2n) is 4.98. The zero-order chi connectivity index (χ0) is 15.7. The van der Waals surface area contributed by atoms with Crippen LogP contribution in [0.15, 0.2) is 18.2 Å². The highest BCUT2D eigenvalue weighted by atomic mass is 16.5. The molecule has 1 aromatic rings. The predicted octanol–water partition coefficient (Wildman–Crippen LogP) is 2.80. The van der Waals surface area contributed by atoms with Crippen LogP contribution in [0.4, 0.5) is 0 Å². The first kappa shape index (κ1) is 17.7. The molecule has 0 spiro atoms. The lowest BCUT2D eigenvalue weighted by atomic mass is 10.0. The molecule has 118 valence electrons. The van der Waals surface area contributed by atoms with Crippen molar-refractivity contribution in [3.05, 3.63) is 29.3 Å². The van der Waals surface area contributed by atoms with Crippen molar-refractivity contribution < 1.29 is 14.3 Å². The molecule has 0 amide bonds. The number of ether oxygens (including phenoxy) is 2. The molecule has 4 heteroatoms. The molecule has 0 aliphatic rings. The van der Waals surface area contributed by atoms with Crippen molar-refractivity contribution >= 4 is 5.78 Å². The minimum atomic E-state index is 0.0242. The summed E-state index contributed by atoms with van der Waals surface area (Å²) >= 11 is 0. The van der Waals surface area contributed by atoms with Gasteiger partial charge in [-0.2, -0.15) is 0 Å². The fourth-order valence-corrected chi connectivity index (χ4v) is 2.21. The lowest BCUT2D eigenvalue weighted by Crippen LogP contribution is -2.27. The van der Waals surface area contributed by atoms with Crippen molar-refractivity contribution in [1.29, 1.82) is 0 Å². The lowest BCUT2D eigenvalue weighted by Gasteiger charge is -2.17. The summed E-state index contributed by atoms with van der Waals surface area (Å²) in [5, 5.41) is 0. The number of ketones is 1. The number of Topliss-reactive ketones (excluding diaryl/α,β-unsaturated/α-hetero) is 1. The Morgan fingerprint density at radius 2 is 1.90 bits per heavy atom. The van der Waals surface area contributed by atoms with Crippen LogP contribution in [0.2, 0.25) is 0 Å². The molecule has 0 aromatic heterocycles. The van der Waals surface area contributed by atoms with Gasteiger partial charge in [-0.25, -0.2) is 0 Å². The van der Waals surface area contributed by atoms with Crippen LogP contribution in [0.5, 0.6) is 5.75 Å². The first-order chi connectivity index (χ1) is 10.1. The summed E-state index contributed by atoms with van der Waals surface area (Å²) in [5.41, 5.74) is 1.74. The third kappa shape index (κ3) is 5.86. The number of methoxy groups -OCH3 is 1. The molecular weight excluding hydrogens is 266 g/mol. The van der Waals surface area contributed by atoms with Crippen LogP contribution in [0, 0.1) is 0 Å². The fraction of sp³-hybridized carbons (Fsp3) is 0.588. The molecule has 0 bridgehead atoms. The van der Waals surface area contributed by atoms with E-state index in [4.69, 9.17) is 9.47 Å². The Bertz CT molecular complexity index is 442. The number of benzene rings is 1. The standard InChI is InChI=1S/C17H27NO3/c1-5-18(6-2)10-12-21-11-9-15-7-8-17(20-4)16(13-15)14(3)19/h7-8,13H,5-6,9-12H2,1-4H3. The Morgan fingerprint density at radius 3 is 2.48 bits per heavy atom. The van der Waals surface area contributed by atoms with Gasteiger partial charge in [-0.05, 0) is 44.1 Å². The van der Waals surface area contributed by atoms with Crippen LogP contribution in [0.3, 0.4) is 0 Å². The average molecular weight is 293 g/mol. The molecule has 1 aromatic carbocycles. The number of carbonyl (C=O) groups is 1. The number of carbonyl (C=O) groups excluding carboxylic acids is 1. The van der Waals surface area contributed by atoms with Crippen LogP contribution >= 0.6 is 0 Å². The average Bonchev–Trinajstić information content (AvgIpc) is 2.50. The minimum Gasteiger partial charge on any atom is -0.496 e. The summed E-state index contributed by atoms with van der Waals surface area (Å²) < 4.78 is 10.9. The fourth-order valence-electron chi connectivity index (χ4n) is 2.21. The van der Waals surface area contributed by atoms with Gasteiger partial charge in [0.25, 0.3) is 0 Å². The van der Waals surface area contributed by atoms with Crippen LogP contribution in [-0.4, -0.2) is 50.6 Å². The number of hydrogen-bond acceptors (Lipinski definition) is 4. The third-order valence-corrected chi connectivity index (χ3v) is 3.62. The highest BCUT2D eigenvalue weighted by Crippen LogP contribution is 2.20. The number of hydrogen-bond donors (Lipinski definition) is 0. The SMILES string of the molecule is CCN(CC)CCOCCc1ccc(OC)c(C(C)=O)c1. The normalized spacial score (nSPS) is 10.9. The Labute approximate surface area is 128 Å². The van der Waals surface area contributed by atoms with E-state index in [1.165, 1.54) is 0 Å². The third-order valence-electron chi connectivity index (χ3n) is 3.62. The maximum atomic E-state index is 11.6. The molecule has 4 nitrogen and oxygen atoms in total. The van der Waals surface area contributed by atoms with Crippen molar-refractivity contribution in [3.63, 3.8) is 0 Å². The van der Waals surface area contributed by atoms with Crippen LogP contribution < -0.4 is 4.74 Å².